The van der Waals surface area contributed by atoms with Gasteiger partial charge in [-0.15, -0.1) is 0 Å². The summed E-state index contributed by atoms with van der Waals surface area (Å²) < 4.78 is 20.1. The Labute approximate surface area is 410 Å². The summed E-state index contributed by atoms with van der Waals surface area (Å²) >= 11 is 0. The normalized spacial score (nSPS) is 27.9. The highest BCUT2D eigenvalue weighted by molar-refractivity contribution is 5.68. The van der Waals surface area contributed by atoms with Crippen LogP contribution in [0.5, 0.6) is 0 Å². The van der Waals surface area contributed by atoms with Crippen molar-refractivity contribution in [1.82, 2.24) is 29.7 Å². The summed E-state index contributed by atoms with van der Waals surface area (Å²) in [7, 11) is 0. The SMILES string of the molecule is CC=CC=CCOC(=O)NC1CC(C)(C)CC(C)(Cn2c(=O)n(CC3(C)CC(NC(=O)OCC=CC=CC)CC(C)(C)C3)c(=O)n(CC3(C)CC(NC(=O)OCC=CC=CC)CC(C)(C)C3)c2=O)C1. The van der Waals surface area contributed by atoms with Gasteiger partial charge in [-0.1, -0.05) is 117 Å². The van der Waals surface area contributed by atoms with E-state index in [0.29, 0.717) is 57.8 Å². The highest BCUT2D eigenvalue weighted by Gasteiger charge is 2.47. The van der Waals surface area contributed by atoms with Crippen molar-refractivity contribution in [2.75, 3.05) is 19.8 Å². The van der Waals surface area contributed by atoms with E-state index in [2.05, 4.69) is 57.5 Å². The van der Waals surface area contributed by atoms with Crippen LogP contribution >= 0.6 is 0 Å². The first-order valence-corrected chi connectivity index (χ1v) is 24.8. The number of aromatic nitrogens is 3. The van der Waals surface area contributed by atoms with Crippen LogP contribution in [0.25, 0.3) is 0 Å². The molecule has 0 saturated heterocycles. The minimum atomic E-state index is -0.691. The summed E-state index contributed by atoms with van der Waals surface area (Å²) in [6.07, 6.45) is 25.5. The summed E-state index contributed by atoms with van der Waals surface area (Å²) in [5.41, 5.74) is -4.89. The van der Waals surface area contributed by atoms with Crippen LogP contribution < -0.4 is 33.0 Å². The van der Waals surface area contributed by atoms with Crippen LogP contribution in [-0.2, 0) is 33.8 Å². The number of hydrogen-bond donors (Lipinski definition) is 3. The number of nitrogens with zero attached hydrogens (tertiary/aromatic N) is 3. The Morgan fingerprint density at radius 2 is 0.696 bits per heavy atom. The Hall–Kier alpha value is -5.34. The molecule has 0 aliphatic heterocycles. The van der Waals surface area contributed by atoms with Gasteiger partial charge in [0.2, 0.25) is 0 Å². The van der Waals surface area contributed by atoms with Crippen LogP contribution in [0, 0.1) is 32.5 Å². The molecule has 6 atom stereocenters. The standard InChI is InChI=1S/C54H84N6O9/c1-13-16-19-22-25-67-43(61)55-40-28-49(4,5)34-52(10,31-40)37-58-46(64)59(38-53(11)32-41(29-50(6,7)35-53)56-44(62)68-26-23-20-17-14-2)48(66)60(47(58)65)39-54(12)33-42(30-51(8,9)36-54)57-45(63)69-27-24-21-18-15-3/h13-24,40-42H,25-39H2,1-12H3,(H,55,61)(H,56,62)(H,57,63). The Balaban J connectivity index is 1.75. The maximum Gasteiger partial charge on any atom is 0.407 e. The number of amides is 3. The first kappa shape index (κ1) is 56.2. The zero-order valence-corrected chi connectivity index (χ0v) is 43.8. The van der Waals surface area contributed by atoms with Crippen LogP contribution in [0.4, 0.5) is 14.4 Å². The number of carbonyl (C=O) groups excluding carboxylic acids is 3. The minimum Gasteiger partial charge on any atom is -0.445 e. The van der Waals surface area contributed by atoms with E-state index in [1.807, 2.05) is 78.0 Å². The van der Waals surface area contributed by atoms with Crippen molar-refractivity contribution in [3.05, 3.63) is 104 Å². The smallest absolute Gasteiger partial charge is 0.407 e. The van der Waals surface area contributed by atoms with E-state index in [1.165, 1.54) is 13.7 Å². The number of hydrogen-bond acceptors (Lipinski definition) is 9. The lowest BCUT2D eigenvalue weighted by atomic mass is 9.62. The van der Waals surface area contributed by atoms with Crippen molar-refractivity contribution in [3.8, 4) is 0 Å². The molecule has 0 spiro atoms. The molecule has 15 nitrogen and oxygen atoms in total. The van der Waals surface area contributed by atoms with Gasteiger partial charge in [0.25, 0.3) is 0 Å². The summed E-state index contributed by atoms with van der Waals surface area (Å²) in [6, 6.07) is -0.911. The number of nitrogens with one attached hydrogen (secondary N) is 3. The van der Waals surface area contributed by atoms with E-state index < -0.39 is 51.6 Å². The van der Waals surface area contributed by atoms with Crippen molar-refractivity contribution in [2.45, 2.75) is 179 Å². The molecular formula is C54H84N6O9. The van der Waals surface area contributed by atoms with Crippen molar-refractivity contribution >= 4 is 18.3 Å². The molecule has 3 aliphatic carbocycles. The van der Waals surface area contributed by atoms with E-state index >= 15 is 14.4 Å². The van der Waals surface area contributed by atoms with Crippen LogP contribution in [0.2, 0.25) is 0 Å². The third kappa shape index (κ3) is 17.5. The second-order valence-electron chi connectivity index (χ2n) is 23.5. The Bertz CT molecular complexity index is 2030. The fraction of sp³-hybridized carbons (Fsp3) is 0.667. The number of carbonyl (C=O) groups is 3. The number of alkyl carbamates (subject to hydrolysis) is 3. The van der Waals surface area contributed by atoms with Gasteiger partial charge in [-0.05, 0) is 129 Å². The minimum absolute atomic E-state index is 0.00907. The maximum atomic E-state index is 15.1. The molecule has 3 N–H and O–H groups in total. The highest BCUT2D eigenvalue weighted by Crippen LogP contribution is 2.49. The van der Waals surface area contributed by atoms with Crippen LogP contribution in [0.3, 0.4) is 0 Å². The van der Waals surface area contributed by atoms with Crippen molar-refractivity contribution in [1.29, 1.82) is 0 Å². The van der Waals surface area contributed by atoms with Crippen LogP contribution in [0.1, 0.15) is 141 Å². The molecule has 0 aromatic carbocycles. The maximum absolute atomic E-state index is 15.1. The average Bonchev–Trinajstić information content (AvgIpc) is 3.20. The van der Waals surface area contributed by atoms with Gasteiger partial charge >= 0.3 is 35.3 Å². The molecule has 0 bridgehead atoms. The van der Waals surface area contributed by atoms with Gasteiger partial charge < -0.3 is 30.2 Å². The van der Waals surface area contributed by atoms with Gasteiger partial charge in [0.1, 0.15) is 19.8 Å². The monoisotopic (exact) mass is 961 g/mol. The molecule has 3 aliphatic rings. The molecule has 69 heavy (non-hydrogen) atoms. The predicted octanol–water partition coefficient (Wildman–Crippen LogP) is 9.50. The largest absolute Gasteiger partial charge is 0.445 e. The van der Waals surface area contributed by atoms with Crippen molar-refractivity contribution in [3.63, 3.8) is 0 Å². The quantitative estimate of drug-likeness (QED) is 0.0954. The Morgan fingerprint density at radius 1 is 0.449 bits per heavy atom. The average molecular weight is 961 g/mol. The van der Waals surface area contributed by atoms with Gasteiger partial charge in [0.05, 0.1) is 0 Å². The van der Waals surface area contributed by atoms with Gasteiger partial charge in [-0.25, -0.2) is 42.5 Å². The van der Waals surface area contributed by atoms with E-state index in [0.717, 1.165) is 0 Å². The topological polar surface area (TPSA) is 181 Å². The summed E-state index contributed by atoms with van der Waals surface area (Å²) in [4.78, 5) is 84.2. The highest BCUT2D eigenvalue weighted by atomic mass is 16.6. The second kappa shape index (κ2) is 24.0. The third-order valence-corrected chi connectivity index (χ3v) is 13.6. The van der Waals surface area contributed by atoms with Gasteiger partial charge in [-0.2, -0.15) is 0 Å². The Morgan fingerprint density at radius 3 is 0.928 bits per heavy atom. The van der Waals surface area contributed by atoms with Crippen LogP contribution in [-0.4, -0.2) is 69.9 Å². The fourth-order valence-corrected chi connectivity index (χ4v) is 12.5. The van der Waals surface area contributed by atoms with Gasteiger partial charge in [0, 0.05) is 37.8 Å². The second-order valence-corrected chi connectivity index (χ2v) is 23.5. The van der Waals surface area contributed by atoms with Crippen LogP contribution in [0.15, 0.2) is 87.3 Å². The van der Waals surface area contributed by atoms with E-state index in [1.54, 1.807) is 36.5 Å². The molecule has 0 radical (unpaired) electrons. The zero-order chi connectivity index (χ0) is 51.3. The molecule has 1 aromatic rings. The van der Waals surface area contributed by atoms with E-state index in [9.17, 15) is 14.4 Å². The predicted molar refractivity (Wildman–Crippen MR) is 273 cm³/mol. The molecule has 384 valence electrons. The molecule has 4 rings (SSSR count). The molecule has 3 saturated carbocycles. The molecule has 3 fully saturated rings. The molecule has 1 aromatic heterocycles. The molecule has 3 amide bonds. The van der Waals surface area contributed by atoms with E-state index in [-0.39, 0.29) is 73.8 Å². The lowest BCUT2D eigenvalue weighted by molar-refractivity contribution is 0.0405. The van der Waals surface area contributed by atoms with Crippen molar-refractivity contribution in [2.24, 2.45) is 32.5 Å². The van der Waals surface area contributed by atoms with Gasteiger partial charge in [-0.3, -0.25) is 0 Å². The first-order valence-electron chi connectivity index (χ1n) is 24.8. The summed E-state index contributed by atoms with van der Waals surface area (Å²) in [6.45, 7) is 24.9. The third-order valence-electron chi connectivity index (χ3n) is 13.6. The molecular weight excluding hydrogens is 877 g/mol. The van der Waals surface area contributed by atoms with Gasteiger partial charge in [0.15, 0.2) is 0 Å². The number of ether oxygens (including phenoxy) is 3. The first-order chi connectivity index (χ1) is 32.2. The fourth-order valence-electron chi connectivity index (χ4n) is 12.5. The van der Waals surface area contributed by atoms with Crippen molar-refractivity contribution < 1.29 is 28.6 Å². The number of allylic oxidation sites excluding steroid dienone is 9. The molecule has 1 heterocycles. The lowest BCUT2D eigenvalue weighted by Gasteiger charge is -2.48. The zero-order valence-electron chi connectivity index (χ0n) is 43.8. The Kier molecular flexibility index (Phi) is 19.6. The summed E-state index contributed by atoms with van der Waals surface area (Å²) in [5.74, 6) is 0. The number of rotatable bonds is 18. The lowest BCUT2D eigenvalue weighted by Crippen LogP contribution is -2.60. The van der Waals surface area contributed by atoms with E-state index in [4.69, 9.17) is 14.2 Å². The molecule has 15 heteroatoms. The summed E-state index contributed by atoms with van der Waals surface area (Å²) in [5, 5.41) is 9.14. The molecule has 6 unspecified atom stereocenters.